The first-order chi connectivity index (χ1) is 12.7. The summed E-state index contributed by atoms with van der Waals surface area (Å²) in [6, 6.07) is 10.7. The first kappa shape index (κ1) is 16.9. The predicted octanol–water partition coefficient (Wildman–Crippen LogP) is 4.65. The topological polar surface area (TPSA) is 57.8 Å². The van der Waals surface area contributed by atoms with Crippen LogP contribution in [0.3, 0.4) is 0 Å². The number of hydrogen-bond donors (Lipinski definition) is 1. The van der Waals surface area contributed by atoms with Crippen LogP contribution in [-0.4, -0.2) is 10.5 Å². The predicted molar refractivity (Wildman–Crippen MR) is 106 cm³/mol. The highest BCUT2D eigenvalue weighted by Gasteiger charge is 2.21. The Labute approximate surface area is 157 Å². The molecule has 4 nitrogen and oxygen atoms in total. The molecule has 1 amide bonds. The number of aryl methyl sites for hydroxylation is 2. The molecule has 0 atom stereocenters. The zero-order valence-electron chi connectivity index (χ0n) is 14.8. The first-order valence-electron chi connectivity index (χ1n) is 9.12. The molecule has 0 spiro atoms. The lowest BCUT2D eigenvalue weighted by atomic mass is 9.96. The number of benzene rings is 1. The standard InChI is InChI=1S/C21H21N3OS/c1-2-14-7-8-18-15(11-14)9-10-24(18)13-20(25)23-21-17(12-22)16-5-3-4-6-19(16)26-21/h7-11H,2-6,13H2,1H3,(H,23,25). The van der Waals surface area contributed by atoms with Crippen molar-refractivity contribution in [2.75, 3.05) is 5.32 Å². The maximum Gasteiger partial charge on any atom is 0.244 e. The number of carbonyl (C=O) groups excluding carboxylic acids is 1. The van der Waals surface area contributed by atoms with Gasteiger partial charge in [0, 0.05) is 16.6 Å². The van der Waals surface area contributed by atoms with E-state index in [1.165, 1.54) is 16.9 Å². The Morgan fingerprint density at radius 2 is 2.15 bits per heavy atom. The van der Waals surface area contributed by atoms with E-state index in [4.69, 9.17) is 0 Å². The molecule has 1 aliphatic rings. The van der Waals surface area contributed by atoms with Crippen molar-refractivity contribution < 1.29 is 4.79 Å². The molecule has 0 fully saturated rings. The number of anilines is 1. The molecule has 2 aromatic heterocycles. The quantitative estimate of drug-likeness (QED) is 0.733. The minimum atomic E-state index is -0.0860. The Bertz CT molecular complexity index is 1020. The second kappa shape index (κ2) is 6.97. The minimum absolute atomic E-state index is 0.0860. The number of carbonyl (C=O) groups is 1. The van der Waals surface area contributed by atoms with E-state index < -0.39 is 0 Å². The van der Waals surface area contributed by atoms with Crippen molar-refractivity contribution >= 4 is 33.1 Å². The van der Waals surface area contributed by atoms with Gasteiger partial charge < -0.3 is 9.88 Å². The van der Waals surface area contributed by atoms with E-state index in [1.807, 2.05) is 16.8 Å². The van der Waals surface area contributed by atoms with Crippen LogP contribution < -0.4 is 5.32 Å². The number of nitrogens with one attached hydrogen (secondary N) is 1. The van der Waals surface area contributed by atoms with Gasteiger partial charge in [-0.1, -0.05) is 13.0 Å². The Balaban J connectivity index is 1.55. The van der Waals surface area contributed by atoms with Gasteiger partial charge in [-0.2, -0.15) is 5.26 Å². The van der Waals surface area contributed by atoms with Gasteiger partial charge in [-0.15, -0.1) is 11.3 Å². The molecule has 0 saturated heterocycles. The maximum atomic E-state index is 12.6. The van der Waals surface area contributed by atoms with Crippen molar-refractivity contribution in [2.24, 2.45) is 0 Å². The summed E-state index contributed by atoms with van der Waals surface area (Å²) in [6.45, 7) is 2.39. The number of fused-ring (bicyclic) bond motifs is 2. The van der Waals surface area contributed by atoms with Gasteiger partial charge in [0.15, 0.2) is 0 Å². The monoisotopic (exact) mass is 363 g/mol. The maximum absolute atomic E-state index is 12.6. The van der Waals surface area contributed by atoms with E-state index in [0.29, 0.717) is 10.6 Å². The third-order valence-corrected chi connectivity index (χ3v) is 6.30. The Kier molecular flexibility index (Phi) is 4.52. The van der Waals surface area contributed by atoms with Crippen LogP contribution in [-0.2, 0) is 30.6 Å². The first-order valence-corrected chi connectivity index (χ1v) is 9.93. The van der Waals surface area contributed by atoms with Crippen LogP contribution in [0.4, 0.5) is 5.00 Å². The normalized spacial score (nSPS) is 13.4. The molecule has 132 valence electrons. The summed E-state index contributed by atoms with van der Waals surface area (Å²) in [6.07, 6.45) is 7.22. The fourth-order valence-corrected chi connectivity index (χ4v) is 4.96. The number of rotatable bonds is 4. The average Bonchev–Trinajstić information content (AvgIpc) is 3.21. The van der Waals surface area contributed by atoms with Crippen molar-refractivity contribution in [3.05, 3.63) is 52.0 Å². The smallest absolute Gasteiger partial charge is 0.244 e. The van der Waals surface area contributed by atoms with Crippen molar-refractivity contribution in [1.29, 1.82) is 5.26 Å². The summed E-state index contributed by atoms with van der Waals surface area (Å²) in [4.78, 5) is 13.9. The van der Waals surface area contributed by atoms with E-state index in [-0.39, 0.29) is 12.5 Å². The molecule has 0 unspecified atom stereocenters. The van der Waals surface area contributed by atoms with Crippen molar-refractivity contribution in [3.63, 3.8) is 0 Å². The number of aromatic nitrogens is 1. The minimum Gasteiger partial charge on any atom is -0.338 e. The number of hydrogen-bond acceptors (Lipinski definition) is 3. The molecule has 0 saturated carbocycles. The second-order valence-corrected chi connectivity index (χ2v) is 7.87. The van der Waals surface area contributed by atoms with Crippen molar-refractivity contribution in [1.82, 2.24) is 4.57 Å². The molecule has 1 aliphatic carbocycles. The number of amides is 1. The van der Waals surface area contributed by atoms with Gasteiger partial charge in [-0.05, 0) is 66.8 Å². The van der Waals surface area contributed by atoms with Crippen LogP contribution in [0.25, 0.3) is 10.9 Å². The molecule has 1 N–H and O–H groups in total. The molecule has 26 heavy (non-hydrogen) atoms. The number of thiophene rings is 1. The Hall–Kier alpha value is -2.58. The van der Waals surface area contributed by atoms with E-state index in [0.717, 1.165) is 42.1 Å². The molecule has 0 radical (unpaired) electrons. The van der Waals surface area contributed by atoms with E-state index in [9.17, 15) is 10.1 Å². The number of nitriles is 1. The summed E-state index contributed by atoms with van der Waals surface area (Å²) in [5, 5.41) is 14.4. The lowest BCUT2D eigenvalue weighted by Crippen LogP contribution is -2.18. The van der Waals surface area contributed by atoms with Crippen molar-refractivity contribution in [3.8, 4) is 6.07 Å². The third kappa shape index (κ3) is 3.02. The summed E-state index contributed by atoms with van der Waals surface area (Å²) in [5.41, 5.74) is 4.17. The van der Waals surface area contributed by atoms with Gasteiger partial charge in [0.25, 0.3) is 0 Å². The van der Waals surface area contributed by atoms with Gasteiger partial charge in [0.1, 0.15) is 17.6 Å². The SMILES string of the molecule is CCc1ccc2c(ccn2CC(=O)Nc2sc3c(c2C#N)CCCC3)c1. The highest BCUT2D eigenvalue weighted by molar-refractivity contribution is 7.16. The Morgan fingerprint density at radius 1 is 1.31 bits per heavy atom. The largest absolute Gasteiger partial charge is 0.338 e. The average molecular weight is 363 g/mol. The van der Waals surface area contributed by atoms with Gasteiger partial charge in [-0.25, -0.2) is 0 Å². The summed E-state index contributed by atoms with van der Waals surface area (Å²) in [7, 11) is 0. The lowest BCUT2D eigenvalue weighted by Gasteiger charge is -2.09. The molecule has 0 bridgehead atoms. The zero-order valence-corrected chi connectivity index (χ0v) is 15.7. The Morgan fingerprint density at radius 3 is 2.96 bits per heavy atom. The fraction of sp³-hybridized carbons (Fsp3) is 0.333. The molecular weight excluding hydrogens is 342 g/mol. The molecule has 2 heterocycles. The van der Waals surface area contributed by atoms with E-state index in [1.54, 1.807) is 11.3 Å². The van der Waals surface area contributed by atoms with Gasteiger partial charge in [0.05, 0.1) is 5.56 Å². The molecule has 4 rings (SSSR count). The molecular formula is C21H21N3OS. The second-order valence-electron chi connectivity index (χ2n) is 6.77. The molecule has 3 aromatic rings. The lowest BCUT2D eigenvalue weighted by molar-refractivity contribution is -0.116. The molecule has 1 aromatic carbocycles. The molecule has 0 aliphatic heterocycles. The zero-order chi connectivity index (χ0) is 18.1. The number of nitrogens with zero attached hydrogens (tertiary/aromatic N) is 2. The van der Waals surface area contributed by atoms with Crippen LogP contribution >= 0.6 is 11.3 Å². The van der Waals surface area contributed by atoms with Gasteiger partial charge >= 0.3 is 0 Å². The molecule has 5 heteroatoms. The summed E-state index contributed by atoms with van der Waals surface area (Å²) in [5.74, 6) is -0.0860. The van der Waals surface area contributed by atoms with Gasteiger partial charge in [0.2, 0.25) is 5.91 Å². The van der Waals surface area contributed by atoms with Crippen LogP contribution in [0, 0.1) is 11.3 Å². The fourth-order valence-electron chi connectivity index (χ4n) is 3.70. The van der Waals surface area contributed by atoms with Gasteiger partial charge in [-0.3, -0.25) is 4.79 Å². The van der Waals surface area contributed by atoms with E-state index in [2.05, 4.69) is 36.5 Å². The summed E-state index contributed by atoms with van der Waals surface area (Å²) >= 11 is 1.57. The van der Waals surface area contributed by atoms with Crippen molar-refractivity contribution in [2.45, 2.75) is 45.6 Å². The van der Waals surface area contributed by atoms with Crippen LogP contribution in [0.5, 0.6) is 0 Å². The highest BCUT2D eigenvalue weighted by atomic mass is 32.1. The van der Waals surface area contributed by atoms with Crippen LogP contribution in [0.1, 0.15) is 41.3 Å². The van der Waals surface area contributed by atoms with Crippen LogP contribution in [0.2, 0.25) is 0 Å². The highest BCUT2D eigenvalue weighted by Crippen LogP contribution is 2.37. The summed E-state index contributed by atoms with van der Waals surface area (Å²) < 4.78 is 1.96. The van der Waals surface area contributed by atoms with E-state index >= 15 is 0 Å². The van der Waals surface area contributed by atoms with Crippen LogP contribution in [0.15, 0.2) is 30.5 Å². The third-order valence-electron chi connectivity index (χ3n) is 5.09.